The third-order valence-electron chi connectivity index (χ3n) is 3.55. The molecule has 0 saturated carbocycles. The number of ether oxygens (including phenoxy) is 1. The van der Waals surface area contributed by atoms with E-state index >= 15 is 0 Å². The van der Waals surface area contributed by atoms with Crippen LogP contribution >= 0.6 is 11.6 Å². The van der Waals surface area contributed by atoms with E-state index in [4.69, 9.17) is 16.3 Å². The van der Waals surface area contributed by atoms with E-state index in [1.165, 1.54) is 5.56 Å². The van der Waals surface area contributed by atoms with Crippen molar-refractivity contribution in [2.45, 2.75) is 19.4 Å². The molecule has 3 nitrogen and oxygen atoms in total. The molecule has 2 aromatic carbocycles. The van der Waals surface area contributed by atoms with Crippen LogP contribution in [0.2, 0.25) is 0 Å². The van der Waals surface area contributed by atoms with Gasteiger partial charge in [-0.2, -0.15) is 0 Å². The van der Waals surface area contributed by atoms with Gasteiger partial charge in [0.1, 0.15) is 5.82 Å². The first kappa shape index (κ1) is 14.1. The van der Waals surface area contributed by atoms with E-state index in [2.05, 4.69) is 40.7 Å². The highest BCUT2D eigenvalue weighted by atomic mass is 35.5. The Morgan fingerprint density at radius 1 is 1.19 bits per heavy atom. The fourth-order valence-electron chi connectivity index (χ4n) is 2.66. The lowest BCUT2D eigenvalue weighted by Crippen LogP contribution is -2.01. The molecule has 0 saturated heterocycles. The van der Waals surface area contributed by atoms with Crippen LogP contribution in [-0.2, 0) is 17.2 Å². The van der Waals surface area contributed by atoms with E-state index in [0.717, 1.165) is 28.1 Å². The van der Waals surface area contributed by atoms with E-state index in [9.17, 15) is 0 Å². The largest absolute Gasteiger partial charge is 0.380 e. The van der Waals surface area contributed by atoms with Crippen molar-refractivity contribution in [1.82, 2.24) is 9.55 Å². The molecule has 0 aliphatic heterocycles. The number of rotatable bonds is 4. The maximum atomic E-state index is 6.10. The van der Waals surface area contributed by atoms with Gasteiger partial charge in [0.2, 0.25) is 0 Å². The highest BCUT2D eigenvalue weighted by molar-refractivity contribution is 6.17. The second-order valence-corrected chi connectivity index (χ2v) is 5.31. The molecule has 0 N–H and O–H groups in total. The highest BCUT2D eigenvalue weighted by Crippen LogP contribution is 2.26. The van der Waals surface area contributed by atoms with Crippen molar-refractivity contribution in [3.05, 3.63) is 59.4 Å². The van der Waals surface area contributed by atoms with E-state index in [0.29, 0.717) is 12.5 Å². The minimum Gasteiger partial charge on any atom is -0.380 e. The van der Waals surface area contributed by atoms with Gasteiger partial charge in [-0.15, -0.1) is 11.6 Å². The summed E-state index contributed by atoms with van der Waals surface area (Å²) >= 11 is 6.10. The van der Waals surface area contributed by atoms with Gasteiger partial charge in [-0.25, -0.2) is 4.98 Å². The molecule has 0 aliphatic carbocycles. The van der Waals surface area contributed by atoms with Crippen LogP contribution in [0, 0.1) is 6.92 Å². The van der Waals surface area contributed by atoms with Gasteiger partial charge in [-0.05, 0) is 36.2 Å². The predicted octanol–water partition coefficient (Wildman–Crippen LogP) is 4.22. The maximum absolute atomic E-state index is 6.10. The van der Waals surface area contributed by atoms with Crippen LogP contribution in [0.5, 0.6) is 0 Å². The van der Waals surface area contributed by atoms with Gasteiger partial charge in [0.05, 0.1) is 23.5 Å². The molecule has 0 bridgehead atoms. The van der Waals surface area contributed by atoms with Gasteiger partial charge < -0.3 is 4.74 Å². The second kappa shape index (κ2) is 5.88. The zero-order chi connectivity index (χ0) is 14.8. The van der Waals surface area contributed by atoms with Crippen LogP contribution in [0.15, 0.2) is 42.5 Å². The number of methoxy groups -OCH3 is 1. The topological polar surface area (TPSA) is 27.1 Å². The standard InChI is InChI=1S/C17H17ClN2O/c1-12-5-3-8-15-17(12)20(16(10-18)19-15)14-7-4-6-13(9-14)11-21-2/h3-9H,10-11H2,1-2H3. The Morgan fingerprint density at radius 2 is 2.00 bits per heavy atom. The Balaban J connectivity index is 2.25. The summed E-state index contributed by atoms with van der Waals surface area (Å²) in [7, 11) is 1.70. The van der Waals surface area contributed by atoms with Crippen molar-refractivity contribution in [2.75, 3.05) is 7.11 Å². The number of halogens is 1. The first-order chi connectivity index (χ1) is 10.2. The normalized spacial score (nSPS) is 11.2. The number of benzene rings is 2. The monoisotopic (exact) mass is 300 g/mol. The zero-order valence-corrected chi connectivity index (χ0v) is 12.9. The third-order valence-corrected chi connectivity index (χ3v) is 3.79. The summed E-state index contributed by atoms with van der Waals surface area (Å²) < 4.78 is 7.35. The van der Waals surface area contributed by atoms with Crippen LogP contribution in [0.3, 0.4) is 0 Å². The lowest BCUT2D eigenvalue weighted by atomic mass is 10.1. The first-order valence-corrected chi connectivity index (χ1v) is 7.39. The molecule has 0 radical (unpaired) electrons. The zero-order valence-electron chi connectivity index (χ0n) is 12.1. The van der Waals surface area contributed by atoms with Gasteiger partial charge >= 0.3 is 0 Å². The molecule has 3 rings (SSSR count). The number of alkyl halides is 1. The number of hydrogen-bond acceptors (Lipinski definition) is 2. The summed E-state index contributed by atoms with van der Waals surface area (Å²) in [5, 5.41) is 0. The summed E-state index contributed by atoms with van der Waals surface area (Å²) in [5.41, 5.74) is 5.47. The van der Waals surface area contributed by atoms with Crippen molar-refractivity contribution in [3.8, 4) is 5.69 Å². The quantitative estimate of drug-likeness (QED) is 0.675. The number of para-hydroxylation sites is 1. The molecule has 4 heteroatoms. The van der Waals surface area contributed by atoms with Gasteiger partial charge in [0.25, 0.3) is 0 Å². The van der Waals surface area contributed by atoms with E-state index in [1.54, 1.807) is 7.11 Å². The number of nitrogens with zero attached hydrogens (tertiary/aromatic N) is 2. The smallest absolute Gasteiger partial charge is 0.129 e. The van der Waals surface area contributed by atoms with Gasteiger partial charge in [-0.1, -0.05) is 24.3 Å². The average Bonchev–Trinajstić information content (AvgIpc) is 2.88. The molecule has 0 unspecified atom stereocenters. The summed E-state index contributed by atoms with van der Waals surface area (Å²) in [4.78, 5) is 4.64. The summed E-state index contributed by atoms with van der Waals surface area (Å²) in [6, 6.07) is 14.4. The molecule has 1 heterocycles. The molecule has 0 amide bonds. The minimum atomic E-state index is 0.378. The first-order valence-electron chi connectivity index (χ1n) is 6.85. The third kappa shape index (κ3) is 2.55. The van der Waals surface area contributed by atoms with Crippen molar-refractivity contribution in [1.29, 1.82) is 0 Å². The lowest BCUT2D eigenvalue weighted by Gasteiger charge is -2.11. The molecule has 0 spiro atoms. The van der Waals surface area contributed by atoms with E-state index in [-0.39, 0.29) is 0 Å². The van der Waals surface area contributed by atoms with Crippen LogP contribution in [0.4, 0.5) is 0 Å². The Morgan fingerprint density at radius 3 is 2.76 bits per heavy atom. The molecule has 1 aromatic heterocycles. The highest BCUT2D eigenvalue weighted by Gasteiger charge is 2.13. The molecule has 21 heavy (non-hydrogen) atoms. The average molecular weight is 301 g/mol. The molecular formula is C17H17ClN2O. The Hall–Kier alpha value is -1.84. The van der Waals surface area contributed by atoms with Crippen molar-refractivity contribution in [2.24, 2.45) is 0 Å². The number of imidazole rings is 1. The number of hydrogen-bond donors (Lipinski definition) is 0. The van der Waals surface area contributed by atoms with Gasteiger partial charge in [-0.3, -0.25) is 4.57 Å². The number of aryl methyl sites for hydroxylation is 1. The van der Waals surface area contributed by atoms with Crippen molar-refractivity contribution in [3.63, 3.8) is 0 Å². The summed E-state index contributed by atoms with van der Waals surface area (Å²) in [5.74, 6) is 1.23. The fourth-order valence-corrected chi connectivity index (χ4v) is 2.84. The SMILES string of the molecule is COCc1cccc(-n2c(CCl)nc3cccc(C)c32)c1. The fraction of sp³-hybridized carbons (Fsp3) is 0.235. The van der Waals surface area contributed by atoms with Crippen LogP contribution in [0.25, 0.3) is 16.7 Å². The molecule has 0 fully saturated rings. The van der Waals surface area contributed by atoms with Crippen molar-refractivity contribution < 1.29 is 4.74 Å². The lowest BCUT2D eigenvalue weighted by molar-refractivity contribution is 0.185. The minimum absolute atomic E-state index is 0.378. The Labute approximate surface area is 129 Å². The van der Waals surface area contributed by atoms with Gasteiger partial charge in [0, 0.05) is 12.8 Å². The predicted molar refractivity (Wildman–Crippen MR) is 86.1 cm³/mol. The molecular weight excluding hydrogens is 284 g/mol. The summed E-state index contributed by atoms with van der Waals surface area (Å²) in [6.07, 6.45) is 0. The Bertz CT molecular complexity index is 780. The summed E-state index contributed by atoms with van der Waals surface area (Å²) in [6.45, 7) is 2.69. The Kier molecular flexibility index (Phi) is 3.95. The van der Waals surface area contributed by atoms with Crippen LogP contribution < -0.4 is 0 Å². The van der Waals surface area contributed by atoms with Crippen molar-refractivity contribution >= 4 is 22.6 Å². The molecule has 0 atom stereocenters. The molecule has 0 aliphatic rings. The second-order valence-electron chi connectivity index (χ2n) is 5.04. The molecule has 3 aromatic rings. The number of aromatic nitrogens is 2. The van der Waals surface area contributed by atoms with E-state index in [1.807, 2.05) is 18.2 Å². The molecule has 108 valence electrons. The maximum Gasteiger partial charge on any atom is 0.129 e. The van der Waals surface area contributed by atoms with Crippen LogP contribution in [-0.4, -0.2) is 16.7 Å². The van der Waals surface area contributed by atoms with E-state index < -0.39 is 0 Å². The van der Waals surface area contributed by atoms with Gasteiger partial charge in [0.15, 0.2) is 0 Å². The number of fused-ring (bicyclic) bond motifs is 1. The van der Waals surface area contributed by atoms with Crippen LogP contribution in [0.1, 0.15) is 17.0 Å².